The Labute approximate surface area is 129 Å². The Hall–Kier alpha value is -0.990. The first-order valence-electron chi connectivity index (χ1n) is 7.54. The lowest BCUT2D eigenvalue weighted by Gasteiger charge is -2.35. The Morgan fingerprint density at radius 1 is 0.957 bits per heavy atom. The van der Waals surface area contributed by atoms with Gasteiger partial charge in [0.25, 0.3) is 0 Å². The van der Waals surface area contributed by atoms with Crippen LogP contribution in [0.4, 0.5) is 26.3 Å². The number of rotatable bonds is 2. The van der Waals surface area contributed by atoms with Gasteiger partial charge in [-0.3, -0.25) is 4.79 Å². The van der Waals surface area contributed by atoms with Crippen molar-refractivity contribution in [1.29, 1.82) is 0 Å². The fourth-order valence-electron chi connectivity index (χ4n) is 3.43. The smallest absolute Gasteiger partial charge is 0.389 e. The molecule has 23 heavy (non-hydrogen) atoms. The first-order chi connectivity index (χ1) is 10.4. The first-order valence-corrected chi connectivity index (χ1v) is 7.54. The molecule has 9 heteroatoms. The number of nitrogens with zero attached hydrogens (tertiary/aromatic N) is 1. The average Bonchev–Trinajstić information content (AvgIpc) is 2.84. The van der Waals surface area contributed by atoms with E-state index in [9.17, 15) is 36.2 Å². The zero-order valence-corrected chi connectivity index (χ0v) is 12.4. The molecule has 0 radical (unpaired) electrons. The minimum Gasteiger partial charge on any atom is -0.389 e. The summed E-state index contributed by atoms with van der Waals surface area (Å²) >= 11 is 0. The van der Waals surface area contributed by atoms with Gasteiger partial charge < -0.3 is 10.0 Å². The molecular weight excluding hydrogens is 328 g/mol. The average molecular weight is 347 g/mol. The van der Waals surface area contributed by atoms with Crippen molar-refractivity contribution in [3.63, 3.8) is 0 Å². The van der Waals surface area contributed by atoms with E-state index in [0.717, 1.165) is 6.42 Å². The highest BCUT2D eigenvalue weighted by atomic mass is 19.4. The minimum atomic E-state index is -5.47. The maximum absolute atomic E-state index is 13.0. The lowest BCUT2D eigenvalue weighted by molar-refractivity contribution is -0.334. The Bertz CT molecular complexity index is 439. The second kappa shape index (κ2) is 5.82. The van der Waals surface area contributed by atoms with Gasteiger partial charge in [-0.15, -0.1) is 0 Å². The molecule has 0 atom stereocenters. The molecule has 2 fully saturated rings. The van der Waals surface area contributed by atoms with Gasteiger partial charge in [0, 0.05) is 13.1 Å². The fourth-order valence-corrected chi connectivity index (χ4v) is 3.43. The number of amides is 1. The Balaban J connectivity index is 2.10. The predicted molar refractivity (Wildman–Crippen MR) is 68.4 cm³/mol. The van der Waals surface area contributed by atoms with Crippen LogP contribution in [0, 0.1) is 5.41 Å². The van der Waals surface area contributed by atoms with E-state index in [0.29, 0.717) is 30.6 Å². The second-order valence-corrected chi connectivity index (χ2v) is 6.60. The van der Waals surface area contributed by atoms with Crippen LogP contribution in [0.15, 0.2) is 0 Å². The summed E-state index contributed by atoms with van der Waals surface area (Å²) in [6.45, 7) is -2.02. The van der Waals surface area contributed by atoms with Gasteiger partial charge in [-0.1, -0.05) is 19.3 Å². The molecule has 0 aromatic carbocycles. The molecule has 1 aliphatic carbocycles. The summed E-state index contributed by atoms with van der Waals surface area (Å²) in [5, 5.41) is 10.3. The van der Waals surface area contributed by atoms with E-state index in [-0.39, 0.29) is 0 Å². The highest BCUT2D eigenvalue weighted by Gasteiger charge is 2.72. The third-order valence-electron chi connectivity index (χ3n) is 4.97. The van der Waals surface area contributed by atoms with Gasteiger partial charge in [-0.2, -0.15) is 26.3 Å². The van der Waals surface area contributed by atoms with Crippen molar-refractivity contribution in [2.45, 2.75) is 62.9 Å². The number of carbonyl (C=O) groups excluding carboxylic acids is 1. The Morgan fingerprint density at radius 3 is 1.91 bits per heavy atom. The molecule has 0 unspecified atom stereocenters. The summed E-state index contributed by atoms with van der Waals surface area (Å²) in [5.41, 5.74) is -5.18. The number of hydrogen-bond donors (Lipinski definition) is 1. The van der Waals surface area contributed by atoms with Crippen LogP contribution >= 0.6 is 0 Å². The van der Waals surface area contributed by atoms with E-state index < -0.39 is 55.2 Å². The van der Waals surface area contributed by atoms with Gasteiger partial charge in [-0.25, -0.2) is 0 Å². The van der Waals surface area contributed by atoms with E-state index in [2.05, 4.69) is 0 Å². The molecule has 1 N–H and O–H groups in total. The van der Waals surface area contributed by atoms with Crippen molar-refractivity contribution in [3.05, 3.63) is 0 Å². The van der Waals surface area contributed by atoms with Crippen LogP contribution in [0.3, 0.4) is 0 Å². The number of hydrogen-bond acceptors (Lipinski definition) is 2. The van der Waals surface area contributed by atoms with Crippen LogP contribution in [0.1, 0.15) is 44.9 Å². The topological polar surface area (TPSA) is 40.5 Å². The molecule has 1 aliphatic heterocycles. The summed E-state index contributed by atoms with van der Waals surface area (Å²) in [4.78, 5) is 12.7. The zero-order valence-electron chi connectivity index (χ0n) is 12.4. The lowest BCUT2D eigenvalue weighted by atomic mass is 9.82. The molecule has 1 saturated carbocycles. The van der Waals surface area contributed by atoms with Crippen LogP contribution in [0.2, 0.25) is 0 Å². The van der Waals surface area contributed by atoms with E-state index in [4.69, 9.17) is 0 Å². The summed E-state index contributed by atoms with van der Waals surface area (Å²) in [6.07, 6.45) is -9.58. The quantitative estimate of drug-likeness (QED) is 0.778. The summed E-state index contributed by atoms with van der Waals surface area (Å²) in [5.74, 6) is -0.843. The van der Waals surface area contributed by atoms with Gasteiger partial charge in [-0.05, 0) is 19.3 Å². The molecular formula is C14H19F6NO2. The molecule has 2 aliphatic rings. The van der Waals surface area contributed by atoms with Crippen molar-refractivity contribution in [1.82, 2.24) is 4.90 Å². The van der Waals surface area contributed by atoms with Crippen LogP contribution in [0.5, 0.6) is 0 Å². The second-order valence-electron chi connectivity index (χ2n) is 6.60. The zero-order chi connectivity index (χ0) is 17.5. The van der Waals surface area contributed by atoms with Gasteiger partial charge in [0.15, 0.2) is 5.41 Å². The lowest BCUT2D eigenvalue weighted by Crippen LogP contribution is -2.52. The Morgan fingerprint density at radius 2 is 1.48 bits per heavy atom. The maximum Gasteiger partial charge on any atom is 0.404 e. The molecule has 0 spiro atoms. The summed E-state index contributed by atoms with van der Waals surface area (Å²) in [7, 11) is 0. The molecule has 0 aromatic heterocycles. The third-order valence-corrected chi connectivity index (χ3v) is 4.97. The first kappa shape index (κ1) is 18.4. The van der Waals surface area contributed by atoms with Crippen molar-refractivity contribution < 1.29 is 36.2 Å². The van der Waals surface area contributed by atoms with Crippen LogP contribution in [-0.2, 0) is 4.79 Å². The van der Waals surface area contributed by atoms with Gasteiger partial charge >= 0.3 is 12.4 Å². The minimum absolute atomic E-state index is 0.344. The molecule has 1 saturated heterocycles. The summed E-state index contributed by atoms with van der Waals surface area (Å²) < 4.78 is 77.9. The van der Waals surface area contributed by atoms with Crippen LogP contribution < -0.4 is 0 Å². The molecule has 1 amide bonds. The molecule has 2 rings (SSSR count). The molecule has 1 heterocycles. The van der Waals surface area contributed by atoms with Crippen molar-refractivity contribution in [3.8, 4) is 0 Å². The van der Waals surface area contributed by atoms with E-state index in [1.165, 1.54) is 0 Å². The van der Waals surface area contributed by atoms with E-state index in [1.807, 2.05) is 0 Å². The number of halogens is 6. The monoisotopic (exact) mass is 347 g/mol. The molecule has 0 aromatic rings. The van der Waals surface area contributed by atoms with Crippen LogP contribution in [0.25, 0.3) is 0 Å². The fraction of sp³-hybridized carbons (Fsp3) is 0.929. The standard InChI is InChI=1S/C14H19F6NO2/c15-13(16,17)12(14(18,19)20)6-7-21(9-12)10(22)8-11(23)4-2-1-3-5-11/h23H,1-9H2. The van der Waals surface area contributed by atoms with Gasteiger partial charge in [0.1, 0.15) is 0 Å². The number of carbonyl (C=O) groups is 1. The molecule has 0 bridgehead atoms. The van der Waals surface area contributed by atoms with Gasteiger partial charge in [0.2, 0.25) is 5.91 Å². The molecule has 134 valence electrons. The van der Waals surface area contributed by atoms with E-state index >= 15 is 0 Å². The highest BCUT2D eigenvalue weighted by Crippen LogP contribution is 2.55. The SMILES string of the molecule is O=C(CC1(O)CCCCC1)N1CCC(C(F)(F)F)(C(F)(F)F)C1. The maximum atomic E-state index is 13.0. The highest BCUT2D eigenvalue weighted by molar-refractivity contribution is 5.77. The number of alkyl halides is 6. The van der Waals surface area contributed by atoms with Gasteiger partial charge in [0.05, 0.1) is 12.0 Å². The largest absolute Gasteiger partial charge is 0.404 e. The number of likely N-dealkylation sites (tertiary alicyclic amines) is 1. The molecule has 3 nitrogen and oxygen atoms in total. The Kier molecular flexibility index (Phi) is 4.65. The van der Waals surface area contributed by atoms with Crippen molar-refractivity contribution in [2.24, 2.45) is 5.41 Å². The summed E-state index contributed by atoms with van der Waals surface area (Å²) in [6, 6.07) is 0. The third kappa shape index (κ3) is 3.44. The van der Waals surface area contributed by atoms with Crippen molar-refractivity contribution in [2.75, 3.05) is 13.1 Å². The normalized spacial score (nSPS) is 24.7. The van der Waals surface area contributed by atoms with Crippen LogP contribution in [-0.4, -0.2) is 47.0 Å². The van der Waals surface area contributed by atoms with Crippen molar-refractivity contribution >= 4 is 5.91 Å². The van der Waals surface area contributed by atoms with E-state index in [1.54, 1.807) is 0 Å². The predicted octanol–water partition coefficient (Wildman–Crippen LogP) is 3.42. The number of aliphatic hydroxyl groups is 1.